The highest BCUT2D eigenvalue weighted by atomic mass is 16.5. The Kier molecular flexibility index (Phi) is 8.36. The molecule has 0 radical (unpaired) electrons. The van der Waals surface area contributed by atoms with Crippen molar-refractivity contribution in [1.29, 1.82) is 0 Å². The summed E-state index contributed by atoms with van der Waals surface area (Å²) < 4.78 is 7.52. The summed E-state index contributed by atoms with van der Waals surface area (Å²) in [5.41, 5.74) is 5.65. The summed E-state index contributed by atoms with van der Waals surface area (Å²) in [6.07, 6.45) is 13.3. The molecule has 3 fully saturated rings. The molecule has 1 aromatic heterocycles. The fraction of sp³-hybridized carbons (Fsp3) is 0.514. The van der Waals surface area contributed by atoms with Gasteiger partial charge in [-0.1, -0.05) is 24.3 Å². The van der Waals surface area contributed by atoms with Gasteiger partial charge in [0.15, 0.2) is 0 Å². The smallest absolute Gasteiger partial charge is 0.306 e. The molecule has 3 aromatic rings. The predicted octanol–water partition coefficient (Wildman–Crippen LogP) is 7.40. The van der Waals surface area contributed by atoms with Crippen molar-refractivity contribution in [1.82, 2.24) is 9.78 Å². The molecule has 0 spiro atoms. The van der Waals surface area contributed by atoms with Crippen molar-refractivity contribution in [2.75, 3.05) is 18.6 Å². The zero-order chi connectivity index (χ0) is 29.2. The first-order chi connectivity index (χ1) is 20.4. The quantitative estimate of drug-likeness (QED) is 0.290. The van der Waals surface area contributed by atoms with Crippen molar-refractivity contribution in [3.05, 3.63) is 66.0 Å². The number of aryl methyl sites for hydroxylation is 1. The van der Waals surface area contributed by atoms with Crippen LogP contribution in [0.25, 0.3) is 11.1 Å². The van der Waals surface area contributed by atoms with Crippen LogP contribution in [0.4, 0.5) is 5.69 Å². The molecule has 3 aliphatic rings. The molecule has 222 valence electrons. The van der Waals surface area contributed by atoms with Crippen LogP contribution in [0, 0.1) is 24.7 Å². The molecular formula is C35H43N3O4. The number of carbonyl (C=O) groups excluding carboxylic acids is 1. The second-order valence-electron chi connectivity index (χ2n) is 12.8. The lowest BCUT2D eigenvalue weighted by molar-refractivity contribution is -0.144. The number of amides is 1. The number of aromatic nitrogens is 2. The molecular weight excluding hydrogens is 526 g/mol. The van der Waals surface area contributed by atoms with Gasteiger partial charge in [0.25, 0.3) is 0 Å². The monoisotopic (exact) mass is 569 g/mol. The molecule has 1 heterocycles. The van der Waals surface area contributed by atoms with E-state index in [2.05, 4.69) is 59.3 Å². The number of carboxylic acid groups (broad SMARTS) is 1. The van der Waals surface area contributed by atoms with Crippen LogP contribution >= 0.6 is 0 Å². The van der Waals surface area contributed by atoms with Gasteiger partial charge in [-0.3, -0.25) is 14.3 Å². The summed E-state index contributed by atoms with van der Waals surface area (Å²) in [5, 5.41) is 14.1. The Balaban J connectivity index is 1.19. The number of methoxy groups -OCH3 is 1. The Morgan fingerprint density at radius 3 is 2.33 bits per heavy atom. The van der Waals surface area contributed by atoms with Crippen molar-refractivity contribution in [2.24, 2.45) is 17.8 Å². The number of hydrogen-bond acceptors (Lipinski definition) is 4. The molecule has 1 amide bonds. The highest BCUT2D eigenvalue weighted by Gasteiger charge is 2.34. The van der Waals surface area contributed by atoms with E-state index in [-0.39, 0.29) is 17.7 Å². The van der Waals surface area contributed by atoms with Gasteiger partial charge >= 0.3 is 5.97 Å². The lowest BCUT2D eigenvalue weighted by Gasteiger charge is -2.36. The Labute approximate surface area is 248 Å². The first-order valence-corrected chi connectivity index (χ1v) is 15.7. The maximum absolute atomic E-state index is 14.1. The maximum atomic E-state index is 14.1. The third-order valence-electron chi connectivity index (χ3n) is 9.88. The van der Waals surface area contributed by atoms with Crippen LogP contribution < -0.4 is 9.64 Å². The fourth-order valence-electron chi connectivity index (χ4n) is 7.10. The Morgan fingerprint density at radius 1 is 0.929 bits per heavy atom. The Bertz CT molecular complexity index is 1410. The summed E-state index contributed by atoms with van der Waals surface area (Å²) >= 11 is 0. The predicted molar refractivity (Wildman–Crippen MR) is 164 cm³/mol. The van der Waals surface area contributed by atoms with E-state index in [1.165, 1.54) is 24.0 Å². The minimum atomic E-state index is -0.735. The van der Waals surface area contributed by atoms with Gasteiger partial charge in [0, 0.05) is 29.9 Å². The van der Waals surface area contributed by atoms with Crippen LogP contribution in [-0.2, 0) is 9.59 Å². The number of anilines is 1. The van der Waals surface area contributed by atoms with Gasteiger partial charge in [-0.05, 0) is 118 Å². The number of aliphatic carboxylic acids is 1. The number of rotatable bonds is 9. The van der Waals surface area contributed by atoms with Gasteiger partial charge in [-0.25, -0.2) is 0 Å². The second-order valence-corrected chi connectivity index (χ2v) is 12.8. The third-order valence-corrected chi connectivity index (χ3v) is 9.88. The van der Waals surface area contributed by atoms with E-state index in [9.17, 15) is 14.7 Å². The largest absolute Gasteiger partial charge is 0.496 e. The van der Waals surface area contributed by atoms with Crippen LogP contribution in [0.15, 0.2) is 54.9 Å². The average molecular weight is 570 g/mol. The van der Waals surface area contributed by atoms with E-state index in [0.29, 0.717) is 50.1 Å². The summed E-state index contributed by atoms with van der Waals surface area (Å²) in [4.78, 5) is 27.7. The zero-order valence-corrected chi connectivity index (χ0v) is 24.9. The molecule has 0 aliphatic heterocycles. The normalized spacial score (nSPS) is 24.2. The molecule has 3 saturated carbocycles. The van der Waals surface area contributed by atoms with Crippen molar-refractivity contribution in [3.63, 3.8) is 0 Å². The molecule has 3 aliphatic carbocycles. The van der Waals surface area contributed by atoms with Crippen LogP contribution in [-0.4, -0.2) is 40.4 Å². The van der Waals surface area contributed by atoms with E-state index >= 15 is 0 Å². The zero-order valence-electron chi connectivity index (χ0n) is 24.9. The van der Waals surface area contributed by atoms with Gasteiger partial charge in [0.1, 0.15) is 5.75 Å². The maximum Gasteiger partial charge on any atom is 0.306 e. The summed E-state index contributed by atoms with van der Waals surface area (Å²) in [5.74, 6) is 0.861. The first-order valence-electron chi connectivity index (χ1n) is 15.7. The SMILES string of the molecule is COc1ccc([C@H]2CC[C@H](CN(c3cccc(-c4cnn(C5CC5)c4)c3)C(=O)[C@H]3CC[C@H](C(=O)O)CC3)CC2)cc1C. The summed E-state index contributed by atoms with van der Waals surface area (Å²) in [6.45, 7) is 2.81. The van der Waals surface area contributed by atoms with Crippen LogP contribution in [0.1, 0.15) is 87.3 Å². The topological polar surface area (TPSA) is 84.7 Å². The molecule has 1 N–H and O–H groups in total. The van der Waals surface area contributed by atoms with Crippen LogP contribution in [0.5, 0.6) is 5.75 Å². The van der Waals surface area contributed by atoms with Crippen molar-refractivity contribution in [2.45, 2.75) is 83.1 Å². The molecule has 0 saturated heterocycles. The van der Waals surface area contributed by atoms with E-state index in [4.69, 9.17) is 4.74 Å². The first kappa shape index (κ1) is 28.5. The van der Waals surface area contributed by atoms with E-state index in [1.54, 1.807) is 7.11 Å². The molecule has 42 heavy (non-hydrogen) atoms. The number of benzene rings is 2. The summed E-state index contributed by atoms with van der Waals surface area (Å²) in [6, 6.07) is 15.4. The van der Waals surface area contributed by atoms with Gasteiger partial charge in [-0.2, -0.15) is 5.10 Å². The lowest BCUT2D eigenvalue weighted by atomic mass is 9.77. The van der Waals surface area contributed by atoms with Crippen LogP contribution in [0.3, 0.4) is 0 Å². The number of carboxylic acids is 1. The highest BCUT2D eigenvalue weighted by Crippen LogP contribution is 2.40. The molecule has 0 atom stereocenters. The van der Waals surface area contributed by atoms with Crippen molar-refractivity contribution < 1.29 is 19.4 Å². The summed E-state index contributed by atoms with van der Waals surface area (Å²) in [7, 11) is 1.72. The van der Waals surface area contributed by atoms with E-state index in [0.717, 1.165) is 48.2 Å². The number of ether oxygens (including phenoxy) is 1. The van der Waals surface area contributed by atoms with Crippen LogP contribution in [0.2, 0.25) is 0 Å². The lowest BCUT2D eigenvalue weighted by Crippen LogP contribution is -2.41. The third kappa shape index (κ3) is 6.25. The average Bonchev–Trinajstić information content (AvgIpc) is 3.75. The van der Waals surface area contributed by atoms with Crippen molar-refractivity contribution in [3.8, 4) is 16.9 Å². The van der Waals surface area contributed by atoms with E-state index < -0.39 is 5.97 Å². The fourth-order valence-corrected chi connectivity index (χ4v) is 7.10. The number of hydrogen-bond donors (Lipinski definition) is 1. The number of carbonyl (C=O) groups is 2. The molecule has 0 bridgehead atoms. The van der Waals surface area contributed by atoms with E-state index in [1.807, 2.05) is 17.2 Å². The Morgan fingerprint density at radius 2 is 1.67 bits per heavy atom. The van der Waals surface area contributed by atoms with Gasteiger partial charge in [0.2, 0.25) is 5.91 Å². The Hall–Kier alpha value is -3.61. The molecule has 7 heteroatoms. The minimum absolute atomic E-state index is 0.125. The molecule has 0 unspecified atom stereocenters. The molecule has 6 rings (SSSR count). The number of nitrogens with zero attached hydrogens (tertiary/aromatic N) is 3. The minimum Gasteiger partial charge on any atom is -0.496 e. The highest BCUT2D eigenvalue weighted by molar-refractivity contribution is 5.96. The standard InChI is InChI=1S/C35H43N3O4/c1-23-18-29(14-17-33(23)42-2)25-8-6-24(7-9-25)21-37(34(39)26-10-12-27(13-11-26)35(40)41)32-5-3-4-28(19-32)30-20-36-38(22-30)31-15-16-31/h3-5,14,17-20,22,24-27,31H,6-13,15-16,21H2,1-2H3,(H,40,41)/t24-,25-,26-,27-. The van der Waals surface area contributed by atoms with Gasteiger partial charge in [0.05, 0.1) is 25.3 Å². The second kappa shape index (κ2) is 12.3. The van der Waals surface area contributed by atoms with Crippen molar-refractivity contribution >= 4 is 17.6 Å². The molecule has 2 aromatic carbocycles. The van der Waals surface area contributed by atoms with Gasteiger partial charge < -0.3 is 14.7 Å². The molecule has 7 nitrogen and oxygen atoms in total. The van der Waals surface area contributed by atoms with Gasteiger partial charge in [-0.15, -0.1) is 0 Å².